The van der Waals surface area contributed by atoms with Crippen molar-refractivity contribution in [3.63, 3.8) is 0 Å². The summed E-state index contributed by atoms with van der Waals surface area (Å²) in [6, 6.07) is 26.0. The van der Waals surface area contributed by atoms with Crippen molar-refractivity contribution < 1.29 is 4.79 Å². The zero-order chi connectivity index (χ0) is 16.5. The van der Waals surface area contributed by atoms with E-state index in [1.54, 1.807) is 0 Å². The zero-order valence-electron chi connectivity index (χ0n) is 13.4. The second kappa shape index (κ2) is 5.82. The Morgan fingerprint density at radius 3 is 2.21 bits per heavy atom. The summed E-state index contributed by atoms with van der Waals surface area (Å²) in [5.74, 6) is 0.0648. The number of hydrogen-bond donors (Lipinski definition) is 0. The molecule has 1 aliphatic heterocycles. The number of hydrogen-bond acceptors (Lipinski definition) is 2. The number of carbonyl (C=O) groups excluding carboxylic acids is 1. The van der Waals surface area contributed by atoms with Crippen LogP contribution in [0.4, 0.5) is 11.4 Å². The second-order valence-corrected chi connectivity index (χ2v) is 5.96. The second-order valence-electron chi connectivity index (χ2n) is 5.96. The third-order valence-corrected chi connectivity index (χ3v) is 4.26. The van der Waals surface area contributed by atoms with Gasteiger partial charge in [0, 0.05) is 11.3 Å². The lowest BCUT2D eigenvalue weighted by Crippen LogP contribution is -2.14. The molecule has 1 heterocycles. The molecule has 116 valence electrons. The first-order chi connectivity index (χ1) is 11.7. The molecular weight excluding hydrogens is 294 g/mol. The fourth-order valence-corrected chi connectivity index (χ4v) is 3.04. The van der Waals surface area contributed by atoms with Gasteiger partial charge in [-0.05, 0) is 42.8 Å². The van der Waals surface area contributed by atoms with Crippen LogP contribution in [0.25, 0.3) is 6.08 Å². The molecule has 0 radical (unpaired) electrons. The summed E-state index contributed by atoms with van der Waals surface area (Å²) in [7, 11) is 0. The molecule has 0 bridgehead atoms. The Morgan fingerprint density at radius 1 is 0.792 bits per heavy atom. The summed E-state index contributed by atoms with van der Waals surface area (Å²) in [6.07, 6.45) is 1.97. The van der Waals surface area contributed by atoms with Gasteiger partial charge in [-0.3, -0.25) is 4.79 Å². The summed E-state index contributed by atoms with van der Waals surface area (Å²) >= 11 is 0. The van der Waals surface area contributed by atoms with Crippen LogP contribution in [0.5, 0.6) is 0 Å². The Kier molecular flexibility index (Phi) is 3.51. The minimum absolute atomic E-state index is 0.0648. The smallest absolute Gasteiger partial charge is 0.211 e. The van der Waals surface area contributed by atoms with Crippen LogP contribution in [0.2, 0.25) is 0 Å². The summed E-state index contributed by atoms with van der Waals surface area (Å²) in [5, 5.41) is 0. The molecule has 4 rings (SSSR count). The summed E-state index contributed by atoms with van der Waals surface area (Å²) in [5.41, 5.74) is 5.60. The van der Waals surface area contributed by atoms with Gasteiger partial charge in [-0.15, -0.1) is 0 Å². The van der Waals surface area contributed by atoms with Crippen molar-refractivity contribution in [2.24, 2.45) is 0 Å². The van der Waals surface area contributed by atoms with Crippen molar-refractivity contribution in [3.05, 3.63) is 101 Å². The van der Waals surface area contributed by atoms with E-state index in [0.29, 0.717) is 5.70 Å². The first kappa shape index (κ1) is 14.5. The van der Waals surface area contributed by atoms with Gasteiger partial charge in [0.1, 0.15) is 0 Å². The minimum atomic E-state index is 0.0648. The molecule has 2 nitrogen and oxygen atoms in total. The molecule has 2 heteroatoms. The molecule has 0 saturated carbocycles. The molecular formula is C22H17NO. The summed E-state index contributed by atoms with van der Waals surface area (Å²) < 4.78 is 0. The highest BCUT2D eigenvalue weighted by molar-refractivity contribution is 6.22. The number of aryl methyl sites for hydroxylation is 1. The van der Waals surface area contributed by atoms with Crippen LogP contribution in [0, 0.1) is 6.92 Å². The maximum atomic E-state index is 12.9. The van der Waals surface area contributed by atoms with Gasteiger partial charge < -0.3 is 4.90 Å². The zero-order valence-corrected chi connectivity index (χ0v) is 13.4. The molecule has 0 amide bonds. The highest BCUT2D eigenvalue weighted by Gasteiger charge is 2.32. The van der Waals surface area contributed by atoms with Gasteiger partial charge in [0.05, 0.1) is 11.4 Å². The van der Waals surface area contributed by atoms with Crippen LogP contribution in [0.15, 0.2) is 84.6 Å². The van der Waals surface area contributed by atoms with Crippen LogP contribution >= 0.6 is 0 Å². The first-order valence-corrected chi connectivity index (χ1v) is 8.01. The molecule has 0 N–H and O–H groups in total. The van der Waals surface area contributed by atoms with E-state index < -0.39 is 0 Å². The fraction of sp³-hybridized carbons (Fsp3) is 0.0455. The fourth-order valence-electron chi connectivity index (χ4n) is 3.04. The minimum Gasteiger partial charge on any atom is -0.306 e. The van der Waals surface area contributed by atoms with Crippen molar-refractivity contribution in [2.45, 2.75) is 6.92 Å². The molecule has 0 atom stereocenters. The number of ketones is 1. The number of Topliss-reactive ketones (excluding diaryl/α,β-unsaturated/α-hetero) is 1. The normalized spacial score (nSPS) is 15.0. The van der Waals surface area contributed by atoms with Gasteiger partial charge in [0.25, 0.3) is 0 Å². The van der Waals surface area contributed by atoms with Crippen molar-refractivity contribution in [1.29, 1.82) is 0 Å². The van der Waals surface area contributed by atoms with Crippen LogP contribution in [0.3, 0.4) is 0 Å². The van der Waals surface area contributed by atoms with E-state index in [2.05, 4.69) is 19.1 Å². The SMILES string of the molecule is Cc1ccc(/C=C2\C(=O)c3ccccc3N2c2ccccc2)cc1. The quantitative estimate of drug-likeness (QED) is 0.593. The number of para-hydroxylation sites is 2. The molecule has 0 fully saturated rings. The lowest BCUT2D eigenvalue weighted by molar-refractivity contribution is 0.104. The first-order valence-electron chi connectivity index (χ1n) is 8.01. The summed E-state index contributed by atoms with van der Waals surface area (Å²) in [4.78, 5) is 15.0. The Bertz CT molecular complexity index is 924. The lowest BCUT2D eigenvalue weighted by Gasteiger charge is -2.20. The average molecular weight is 311 g/mol. The molecule has 0 saturated heterocycles. The monoisotopic (exact) mass is 311 g/mol. The van der Waals surface area contributed by atoms with E-state index in [-0.39, 0.29) is 5.78 Å². The van der Waals surface area contributed by atoms with Crippen LogP contribution in [-0.4, -0.2) is 5.78 Å². The Balaban J connectivity index is 1.88. The molecule has 0 aromatic heterocycles. The van der Waals surface area contributed by atoms with Gasteiger partial charge in [-0.2, -0.15) is 0 Å². The number of carbonyl (C=O) groups is 1. The van der Waals surface area contributed by atoms with E-state index in [0.717, 1.165) is 22.5 Å². The van der Waals surface area contributed by atoms with Crippen molar-refractivity contribution in [1.82, 2.24) is 0 Å². The largest absolute Gasteiger partial charge is 0.306 e. The Morgan fingerprint density at radius 2 is 1.46 bits per heavy atom. The van der Waals surface area contributed by atoms with Gasteiger partial charge in [-0.25, -0.2) is 0 Å². The topological polar surface area (TPSA) is 20.3 Å². The van der Waals surface area contributed by atoms with Gasteiger partial charge in [0.15, 0.2) is 0 Å². The maximum Gasteiger partial charge on any atom is 0.211 e. The summed E-state index contributed by atoms with van der Waals surface area (Å²) in [6.45, 7) is 2.06. The number of anilines is 2. The van der Waals surface area contributed by atoms with E-state index in [1.165, 1.54) is 5.56 Å². The van der Waals surface area contributed by atoms with Crippen molar-refractivity contribution >= 4 is 23.2 Å². The predicted molar refractivity (Wildman–Crippen MR) is 98.5 cm³/mol. The third kappa shape index (κ3) is 2.42. The average Bonchev–Trinajstić information content (AvgIpc) is 2.90. The van der Waals surface area contributed by atoms with E-state index >= 15 is 0 Å². The number of nitrogens with zero attached hydrogens (tertiary/aromatic N) is 1. The van der Waals surface area contributed by atoms with Crippen molar-refractivity contribution in [2.75, 3.05) is 4.90 Å². The predicted octanol–water partition coefficient (Wildman–Crippen LogP) is 5.37. The highest BCUT2D eigenvalue weighted by atomic mass is 16.1. The van der Waals surface area contributed by atoms with Crippen LogP contribution in [0.1, 0.15) is 21.5 Å². The van der Waals surface area contributed by atoms with Crippen molar-refractivity contribution in [3.8, 4) is 0 Å². The van der Waals surface area contributed by atoms with E-state index in [1.807, 2.05) is 77.7 Å². The Hall–Kier alpha value is -3.13. The van der Waals surface area contributed by atoms with Crippen LogP contribution < -0.4 is 4.90 Å². The van der Waals surface area contributed by atoms with Crippen LogP contribution in [-0.2, 0) is 0 Å². The molecule has 0 aliphatic carbocycles. The van der Waals surface area contributed by atoms with Gasteiger partial charge in [0.2, 0.25) is 5.78 Å². The molecule has 3 aromatic carbocycles. The molecule has 24 heavy (non-hydrogen) atoms. The van der Waals surface area contributed by atoms with Gasteiger partial charge >= 0.3 is 0 Å². The highest BCUT2D eigenvalue weighted by Crippen LogP contribution is 2.40. The van der Waals surface area contributed by atoms with Gasteiger partial charge in [-0.1, -0.05) is 60.2 Å². The Labute approximate surface area is 141 Å². The van der Waals surface area contributed by atoms with E-state index in [9.17, 15) is 4.79 Å². The maximum absolute atomic E-state index is 12.9. The lowest BCUT2D eigenvalue weighted by atomic mass is 10.1. The number of fused-ring (bicyclic) bond motifs is 1. The number of benzene rings is 3. The molecule has 0 spiro atoms. The standard InChI is InChI=1S/C22H17NO/c1-16-11-13-17(14-12-16)15-21-22(24)19-9-5-6-10-20(19)23(21)18-7-3-2-4-8-18/h2-15H,1H3/b21-15+. The molecule has 3 aromatic rings. The number of rotatable bonds is 2. The number of allylic oxidation sites excluding steroid dienone is 1. The third-order valence-electron chi connectivity index (χ3n) is 4.26. The van der Waals surface area contributed by atoms with E-state index in [4.69, 9.17) is 0 Å². The molecule has 0 unspecified atom stereocenters. The molecule has 1 aliphatic rings.